The predicted molar refractivity (Wildman–Crippen MR) is 51.4 cm³/mol. The number of hydrogen-bond donors (Lipinski definition) is 2. The number of para-hydroxylation sites is 2. The van der Waals surface area contributed by atoms with Crippen LogP contribution in [0, 0.1) is 0 Å². The zero-order chi connectivity index (χ0) is 9.97. The summed E-state index contributed by atoms with van der Waals surface area (Å²) in [5, 5.41) is 9.48. The third kappa shape index (κ3) is 1.81. The molecule has 0 bridgehead atoms. The van der Waals surface area contributed by atoms with E-state index in [1.807, 2.05) is 18.2 Å². The smallest absolute Gasteiger partial charge is 0.161 e. The molecule has 1 aromatic rings. The van der Waals surface area contributed by atoms with Crippen LogP contribution in [0.2, 0.25) is 0 Å². The maximum absolute atomic E-state index is 9.48. The normalized spacial score (nSPS) is 26.4. The van der Waals surface area contributed by atoms with Crippen molar-refractivity contribution in [2.45, 2.75) is 12.1 Å². The molecule has 4 nitrogen and oxygen atoms in total. The number of aliphatic hydroxyl groups excluding tert-OH is 1. The molecule has 2 unspecified atom stereocenters. The van der Waals surface area contributed by atoms with Crippen molar-refractivity contribution >= 4 is 0 Å². The highest BCUT2D eigenvalue weighted by Crippen LogP contribution is 2.27. The largest absolute Gasteiger partial charge is 0.488 e. The van der Waals surface area contributed by atoms with Crippen molar-refractivity contribution in [2.24, 2.45) is 5.73 Å². The summed E-state index contributed by atoms with van der Waals surface area (Å²) in [7, 11) is 0. The lowest BCUT2D eigenvalue weighted by Crippen LogP contribution is -2.44. The van der Waals surface area contributed by atoms with E-state index in [2.05, 4.69) is 0 Å². The minimum atomic E-state index is -0.677. The van der Waals surface area contributed by atoms with E-state index in [0.717, 1.165) is 0 Å². The van der Waals surface area contributed by atoms with Crippen LogP contribution >= 0.6 is 0 Å². The minimum Gasteiger partial charge on any atom is -0.488 e. The van der Waals surface area contributed by atoms with Crippen LogP contribution in [0.25, 0.3) is 0 Å². The highest BCUT2D eigenvalue weighted by Gasteiger charge is 2.20. The zero-order valence-corrected chi connectivity index (χ0v) is 7.72. The molecule has 0 amide bonds. The Morgan fingerprint density at radius 1 is 1.14 bits per heavy atom. The molecule has 1 aliphatic heterocycles. The Bertz CT molecular complexity index is 285. The van der Waals surface area contributed by atoms with Gasteiger partial charge in [0.15, 0.2) is 11.5 Å². The Morgan fingerprint density at radius 3 is 2.36 bits per heavy atom. The van der Waals surface area contributed by atoms with Gasteiger partial charge >= 0.3 is 0 Å². The number of ether oxygens (including phenoxy) is 2. The van der Waals surface area contributed by atoms with Crippen molar-refractivity contribution in [1.29, 1.82) is 0 Å². The Morgan fingerprint density at radius 2 is 1.71 bits per heavy atom. The molecular weight excluding hydrogens is 182 g/mol. The Hall–Kier alpha value is -1.26. The second-order valence-corrected chi connectivity index (χ2v) is 3.30. The predicted octanol–water partition coefficient (Wildman–Crippen LogP) is 0.146. The van der Waals surface area contributed by atoms with E-state index in [0.29, 0.717) is 18.1 Å². The molecule has 0 saturated heterocycles. The SMILES string of the molecule is NC1COc2ccccc2OCC1O. The van der Waals surface area contributed by atoms with Gasteiger partial charge in [0, 0.05) is 0 Å². The molecule has 0 spiro atoms. The number of aliphatic hydroxyl groups is 1. The van der Waals surface area contributed by atoms with Gasteiger partial charge in [0.1, 0.15) is 19.3 Å². The molecule has 14 heavy (non-hydrogen) atoms. The van der Waals surface area contributed by atoms with Gasteiger partial charge in [-0.15, -0.1) is 0 Å². The maximum Gasteiger partial charge on any atom is 0.161 e. The summed E-state index contributed by atoms with van der Waals surface area (Å²) >= 11 is 0. The van der Waals surface area contributed by atoms with Crippen molar-refractivity contribution < 1.29 is 14.6 Å². The fourth-order valence-corrected chi connectivity index (χ4v) is 1.28. The maximum atomic E-state index is 9.48. The molecule has 76 valence electrons. The summed E-state index contributed by atoms with van der Waals surface area (Å²) in [6, 6.07) is 6.95. The van der Waals surface area contributed by atoms with Crippen LogP contribution in [0.4, 0.5) is 0 Å². The molecule has 4 heteroatoms. The first-order chi connectivity index (χ1) is 6.77. The molecular formula is C10H13NO3. The van der Waals surface area contributed by atoms with Crippen LogP contribution < -0.4 is 15.2 Å². The van der Waals surface area contributed by atoms with Gasteiger partial charge in [-0.2, -0.15) is 0 Å². The molecule has 1 aliphatic rings. The average molecular weight is 195 g/mol. The van der Waals surface area contributed by atoms with Crippen molar-refractivity contribution in [3.8, 4) is 11.5 Å². The first-order valence-corrected chi connectivity index (χ1v) is 4.55. The van der Waals surface area contributed by atoms with Gasteiger partial charge in [-0.25, -0.2) is 0 Å². The fraction of sp³-hybridized carbons (Fsp3) is 0.400. The van der Waals surface area contributed by atoms with E-state index in [4.69, 9.17) is 15.2 Å². The van der Waals surface area contributed by atoms with Crippen LogP contribution in [-0.2, 0) is 0 Å². The van der Waals surface area contributed by atoms with E-state index in [-0.39, 0.29) is 6.61 Å². The summed E-state index contributed by atoms with van der Waals surface area (Å²) in [5.74, 6) is 1.33. The number of benzene rings is 1. The van der Waals surface area contributed by atoms with Crippen LogP contribution in [-0.4, -0.2) is 30.5 Å². The number of rotatable bonds is 0. The van der Waals surface area contributed by atoms with Gasteiger partial charge in [-0.3, -0.25) is 0 Å². The third-order valence-electron chi connectivity index (χ3n) is 2.18. The van der Waals surface area contributed by atoms with Crippen molar-refractivity contribution in [2.75, 3.05) is 13.2 Å². The van der Waals surface area contributed by atoms with Crippen LogP contribution in [0.15, 0.2) is 24.3 Å². The standard InChI is InChI=1S/C10H13NO3/c11-7-5-13-9-3-1-2-4-10(9)14-6-8(7)12/h1-4,7-8,12H,5-6,11H2. The summed E-state index contributed by atoms with van der Waals surface area (Å²) < 4.78 is 10.8. The topological polar surface area (TPSA) is 64.7 Å². The lowest BCUT2D eigenvalue weighted by Gasteiger charge is -2.24. The second-order valence-electron chi connectivity index (χ2n) is 3.30. The molecule has 0 fully saturated rings. The first-order valence-electron chi connectivity index (χ1n) is 4.55. The zero-order valence-electron chi connectivity index (χ0n) is 7.72. The van der Waals surface area contributed by atoms with Gasteiger partial charge in [0.25, 0.3) is 0 Å². The Kier molecular flexibility index (Phi) is 2.56. The van der Waals surface area contributed by atoms with E-state index in [9.17, 15) is 5.11 Å². The molecule has 2 rings (SSSR count). The molecule has 1 aromatic carbocycles. The second kappa shape index (κ2) is 3.86. The van der Waals surface area contributed by atoms with E-state index >= 15 is 0 Å². The molecule has 0 aliphatic carbocycles. The lowest BCUT2D eigenvalue weighted by atomic mass is 10.2. The van der Waals surface area contributed by atoms with Gasteiger partial charge in [0.05, 0.1) is 6.04 Å². The highest BCUT2D eigenvalue weighted by molar-refractivity contribution is 5.39. The molecule has 0 saturated carbocycles. The number of fused-ring (bicyclic) bond motifs is 1. The molecule has 2 atom stereocenters. The first kappa shape index (κ1) is 9.30. The third-order valence-corrected chi connectivity index (χ3v) is 2.18. The van der Waals surface area contributed by atoms with Crippen LogP contribution in [0.1, 0.15) is 0 Å². The minimum absolute atomic E-state index is 0.210. The molecule has 1 heterocycles. The molecule has 3 N–H and O–H groups in total. The summed E-state index contributed by atoms with van der Waals surface area (Å²) in [5.41, 5.74) is 5.65. The van der Waals surface area contributed by atoms with E-state index < -0.39 is 12.1 Å². The number of hydrogen-bond acceptors (Lipinski definition) is 4. The number of nitrogens with two attached hydrogens (primary N) is 1. The summed E-state index contributed by atoms with van der Waals surface area (Å²) in [6.45, 7) is 0.517. The molecule has 0 radical (unpaired) electrons. The van der Waals surface area contributed by atoms with Crippen molar-refractivity contribution in [3.05, 3.63) is 24.3 Å². The van der Waals surface area contributed by atoms with Gasteiger partial charge in [0.2, 0.25) is 0 Å². The van der Waals surface area contributed by atoms with Crippen molar-refractivity contribution in [1.82, 2.24) is 0 Å². The van der Waals surface area contributed by atoms with Gasteiger partial charge in [-0.05, 0) is 12.1 Å². The van der Waals surface area contributed by atoms with Crippen LogP contribution in [0.5, 0.6) is 11.5 Å². The monoisotopic (exact) mass is 195 g/mol. The summed E-state index contributed by atoms with van der Waals surface area (Å²) in [6.07, 6.45) is -0.677. The van der Waals surface area contributed by atoms with Crippen molar-refractivity contribution in [3.63, 3.8) is 0 Å². The summed E-state index contributed by atoms with van der Waals surface area (Å²) in [4.78, 5) is 0. The quantitative estimate of drug-likeness (QED) is 0.618. The Labute approximate surface area is 82.2 Å². The Balaban J connectivity index is 2.20. The van der Waals surface area contributed by atoms with E-state index in [1.54, 1.807) is 6.07 Å². The molecule has 0 aromatic heterocycles. The average Bonchev–Trinajstić information content (AvgIpc) is 2.21. The van der Waals surface area contributed by atoms with E-state index in [1.165, 1.54) is 0 Å². The van der Waals surface area contributed by atoms with Gasteiger partial charge < -0.3 is 20.3 Å². The van der Waals surface area contributed by atoms with Gasteiger partial charge in [-0.1, -0.05) is 12.1 Å². The lowest BCUT2D eigenvalue weighted by molar-refractivity contribution is 0.0551. The highest BCUT2D eigenvalue weighted by atomic mass is 16.5. The fourth-order valence-electron chi connectivity index (χ4n) is 1.28. The van der Waals surface area contributed by atoms with Crippen LogP contribution in [0.3, 0.4) is 0 Å².